The third-order valence-corrected chi connectivity index (χ3v) is 2.97. The average molecular weight is 249 g/mol. The minimum absolute atomic E-state index is 0.250. The van der Waals surface area contributed by atoms with Crippen LogP contribution in [0.4, 0.5) is 4.39 Å². The molecule has 2 aromatic heterocycles. The van der Waals surface area contributed by atoms with Gasteiger partial charge < -0.3 is 9.26 Å². The number of ether oxygens (including phenoxy) is 1. The Morgan fingerprint density at radius 3 is 2.78 bits per heavy atom. The SMILES string of the molecule is Fc1ccc(-c2noc(C3CCOCC3)n2)nc1. The van der Waals surface area contributed by atoms with Crippen molar-refractivity contribution in [1.82, 2.24) is 15.1 Å². The molecule has 0 N–H and O–H groups in total. The van der Waals surface area contributed by atoms with Crippen molar-refractivity contribution in [3.63, 3.8) is 0 Å². The fourth-order valence-electron chi connectivity index (χ4n) is 1.96. The number of hydrogen-bond acceptors (Lipinski definition) is 5. The second kappa shape index (κ2) is 4.81. The number of nitrogens with zero attached hydrogens (tertiary/aromatic N) is 3. The number of hydrogen-bond donors (Lipinski definition) is 0. The Balaban J connectivity index is 1.82. The Morgan fingerprint density at radius 2 is 2.06 bits per heavy atom. The molecule has 6 heteroatoms. The second-order valence-electron chi connectivity index (χ2n) is 4.20. The zero-order valence-electron chi connectivity index (χ0n) is 9.67. The Hall–Kier alpha value is -1.82. The average Bonchev–Trinajstić information content (AvgIpc) is 2.90. The quantitative estimate of drug-likeness (QED) is 0.816. The maximum absolute atomic E-state index is 12.8. The largest absolute Gasteiger partial charge is 0.381 e. The van der Waals surface area contributed by atoms with Gasteiger partial charge in [-0.3, -0.25) is 0 Å². The van der Waals surface area contributed by atoms with Gasteiger partial charge in [-0.05, 0) is 25.0 Å². The summed E-state index contributed by atoms with van der Waals surface area (Å²) in [7, 11) is 0. The first-order valence-corrected chi connectivity index (χ1v) is 5.86. The van der Waals surface area contributed by atoms with E-state index in [4.69, 9.17) is 9.26 Å². The lowest BCUT2D eigenvalue weighted by molar-refractivity contribution is 0.0778. The van der Waals surface area contributed by atoms with Crippen LogP contribution in [0.25, 0.3) is 11.5 Å². The molecule has 0 aliphatic carbocycles. The van der Waals surface area contributed by atoms with Crippen LogP contribution in [0.2, 0.25) is 0 Å². The van der Waals surface area contributed by atoms with Crippen LogP contribution in [0.5, 0.6) is 0 Å². The molecule has 0 radical (unpaired) electrons. The molecule has 5 nitrogen and oxygen atoms in total. The van der Waals surface area contributed by atoms with E-state index in [1.165, 1.54) is 12.1 Å². The lowest BCUT2D eigenvalue weighted by Crippen LogP contribution is -2.14. The van der Waals surface area contributed by atoms with E-state index in [1.54, 1.807) is 0 Å². The van der Waals surface area contributed by atoms with Crippen LogP contribution >= 0.6 is 0 Å². The van der Waals surface area contributed by atoms with Gasteiger partial charge in [0, 0.05) is 19.1 Å². The highest BCUT2D eigenvalue weighted by Crippen LogP contribution is 2.26. The normalized spacial score (nSPS) is 16.9. The molecule has 1 fully saturated rings. The van der Waals surface area contributed by atoms with Crippen molar-refractivity contribution < 1.29 is 13.7 Å². The van der Waals surface area contributed by atoms with Gasteiger partial charge in [-0.15, -0.1) is 0 Å². The first kappa shape index (κ1) is 11.3. The minimum Gasteiger partial charge on any atom is -0.381 e. The molecule has 1 aliphatic rings. The third-order valence-electron chi connectivity index (χ3n) is 2.97. The van der Waals surface area contributed by atoms with Crippen LogP contribution in [-0.4, -0.2) is 28.3 Å². The predicted octanol–water partition coefficient (Wildman–Crippen LogP) is 2.16. The van der Waals surface area contributed by atoms with Crippen molar-refractivity contribution in [2.24, 2.45) is 0 Å². The van der Waals surface area contributed by atoms with Gasteiger partial charge in [0.1, 0.15) is 11.5 Å². The molecular formula is C12H12FN3O2. The summed E-state index contributed by atoms with van der Waals surface area (Å²) in [5, 5.41) is 3.88. The Bertz CT molecular complexity index is 520. The van der Waals surface area contributed by atoms with Crippen molar-refractivity contribution in [2.75, 3.05) is 13.2 Å². The Morgan fingerprint density at radius 1 is 1.22 bits per heavy atom. The maximum Gasteiger partial charge on any atom is 0.230 e. The summed E-state index contributed by atoms with van der Waals surface area (Å²) in [6, 6.07) is 2.86. The van der Waals surface area contributed by atoms with Crippen LogP contribution in [-0.2, 0) is 4.74 Å². The van der Waals surface area contributed by atoms with Crippen molar-refractivity contribution in [1.29, 1.82) is 0 Å². The third kappa shape index (κ3) is 2.24. The molecule has 1 saturated heterocycles. The van der Waals surface area contributed by atoms with Crippen LogP contribution in [0.3, 0.4) is 0 Å². The van der Waals surface area contributed by atoms with E-state index < -0.39 is 0 Å². The zero-order valence-corrected chi connectivity index (χ0v) is 9.67. The van der Waals surface area contributed by atoms with Gasteiger partial charge in [0.25, 0.3) is 0 Å². The molecule has 3 rings (SSSR count). The van der Waals surface area contributed by atoms with E-state index in [9.17, 15) is 4.39 Å². The summed E-state index contributed by atoms with van der Waals surface area (Å²) in [4.78, 5) is 8.24. The van der Waals surface area contributed by atoms with Gasteiger partial charge in [-0.1, -0.05) is 5.16 Å². The number of halogens is 1. The highest BCUT2D eigenvalue weighted by Gasteiger charge is 2.22. The second-order valence-corrected chi connectivity index (χ2v) is 4.20. The van der Waals surface area contributed by atoms with Crippen LogP contribution in [0, 0.1) is 5.82 Å². The van der Waals surface area contributed by atoms with Gasteiger partial charge in [0.05, 0.1) is 6.20 Å². The molecule has 0 spiro atoms. The van der Waals surface area contributed by atoms with Crippen molar-refractivity contribution in [2.45, 2.75) is 18.8 Å². The monoisotopic (exact) mass is 249 g/mol. The van der Waals surface area contributed by atoms with E-state index in [1.807, 2.05) is 0 Å². The molecule has 0 aromatic carbocycles. The predicted molar refractivity (Wildman–Crippen MR) is 60.3 cm³/mol. The van der Waals surface area contributed by atoms with Gasteiger partial charge in [0.2, 0.25) is 11.7 Å². The summed E-state index contributed by atoms with van der Waals surface area (Å²) in [6.07, 6.45) is 2.91. The van der Waals surface area contributed by atoms with Crippen LogP contribution in [0.1, 0.15) is 24.7 Å². The van der Waals surface area contributed by atoms with E-state index in [0.717, 1.165) is 32.3 Å². The molecule has 18 heavy (non-hydrogen) atoms. The maximum atomic E-state index is 12.8. The summed E-state index contributed by atoms with van der Waals surface area (Å²) in [5.41, 5.74) is 0.512. The highest BCUT2D eigenvalue weighted by atomic mass is 19.1. The highest BCUT2D eigenvalue weighted by molar-refractivity contribution is 5.47. The molecule has 3 heterocycles. The molecule has 0 bridgehead atoms. The fourth-order valence-corrected chi connectivity index (χ4v) is 1.96. The zero-order chi connectivity index (χ0) is 12.4. The lowest BCUT2D eigenvalue weighted by Gasteiger charge is -2.17. The van der Waals surface area contributed by atoms with E-state index in [2.05, 4.69) is 15.1 Å². The Kier molecular flexibility index (Phi) is 3.02. The van der Waals surface area contributed by atoms with E-state index >= 15 is 0 Å². The molecular weight excluding hydrogens is 237 g/mol. The smallest absolute Gasteiger partial charge is 0.230 e. The van der Waals surface area contributed by atoms with Crippen LogP contribution < -0.4 is 0 Å². The summed E-state index contributed by atoms with van der Waals surface area (Å²) in [5.74, 6) is 0.878. The topological polar surface area (TPSA) is 61.0 Å². The van der Waals surface area contributed by atoms with Crippen LogP contribution in [0.15, 0.2) is 22.9 Å². The van der Waals surface area contributed by atoms with Crippen molar-refractivity contribution >= 4 is 0 Å². The summed E-state index contributed by atoms with van der Waals surface area (Å²) in [6.45, 7) is 1.44. The summed E-state index contributed by atoms with van der Waals surface area (Å²) < 4.78 is 23.3. The first-order valence-electron chi connectivity index (χ1n) is 5.86. The van der Waals surface area contributed by atoms with Gasteiger partial charge in [0.15, 0.2) is 0 Å². The minimum atomic E-state index is -0.383. The Labute approximate surface area is 103 Å². The van der Waals surface area contributed by atoms with E-state index in [-0.39, 0.29) is 11.7 Å². The van der Waals surface area contributed by atoms with Crippen molar-refractivity contribution in [3.8, 4) is 11.5 Å². The number of aromatic nitrogens is 3. The molecule has 0 atom stereocenters. The standard InChI is InChI=1S/C12H12FN3O2/c13-9-1-2-10(14-7-9)11-15-12(18-16-11)8-3-5-17-6-4-8/h1-2,7-8H,3-6H2. The number of rotatable bonds is 2. The van der Waals surface area contributed by atoms with Gasteiger partial charge >= 0.3 is 0 Å². The van der Waals surface area contributed by atoms with E-state index in [0.29, 0.717) is 17.4 Å². The molecule has 1 aliphatic heterocycles. The fraction of sp³-hybridized carbons (Fsp3) is 0.417. The van der Waals surface area contributed by atoms with Crippen molar-refractivity contribution in [3.05, 3.63) is 30.0 Å². The molecule has 2 aromatic rings. The molecule has 0 unspecified atom stereocenters. The first-order chi connectivity index (χ1) is 8.83. The molecule has 0 amide bonds. The summed E-state index contributed by atoms with van der Waals surface area (Å²) >= 11 is 0. The molecule has 0 saturated carbocycles. The lowest BCUT2D eigenvalue weighted by atomic mass is 10.0. The van der Waals surface area contributed by atoms with Gasteiger partial charge in [-0.2, -0.15) is 4.98 Å². The number of pyridine rings is 1. The molecule has 94 valence electrons. The van der Waals surface area contributed by atoms with Gasteiger partial charge in [-0.25, -0.2) is 9.37 Å².